The van der Waals surface area contributed by atoms with Crippen molar-refractivity contribution in [2.45, 2.75) is 44.4 Å². The van der Waals surface area contributed by atoms with Gasteiger partial charge in [0, 0.05) is 39.0 Å². The van der Waals surface area contributed by atoms with Crippen molar-refractivity contribution in [1.82, 2.24) is 9.80 Å². The number of nitrogens with zero attached hydrogens (tertiary/aromatic N) is 4. The van der Waals surface area contributed by atoms with Gasteiger partial charge in [-0.3, -0.25) is 4.99 Å². The third-order valence-electron chi connectivity index (χ3n) is 6.83. The quantitative estimate of drug-likeness (QED) is 0.354. The highest BCUT2D eigenvalue weighted by Gasteiger charge is 2.40. The lowest BCUT2D eigenvalue weighted by atomic mass is 9.72. The summed E-state index contributed by atoms with van der Waals surface area (Å²) in [6, 6.07) is 11.0. The van der Waals surface area contributed by atoms with Crippen molar-refractivity contribution >= 4 is 11.4 Å². The van der Waals surface area contributed by atoms with Gasteiger partial charge in [0.2, 0.25) is 0 Å². The second-order valence-electron chi connectivity index (χ2n) is 8.73. The van der Waals surface area contributed by atoms with E-state index in [4.69, 9.17) is 4.99 Å². The summed E-state index contributed by atoms with van der Waals surface area (Å²) in [5.41, 5.74) is 5.97. The van der Waals surface area contributed by atoms with Crippen LogP contribution in [0.25, 0.3) is 5.57 Å². The van der Waals surface area contributed by atoms with Crippen LogP contribution >= 0.6 is 0 Å². The van der Waals surface area contributed by atoms with Gasteiger partial charge < -0.3 is 9.80 Å². The maximum absolute atomic E-state index is 9.75. The Morgan fingerprint density at radius 3 is 2.52 bits per heavy atom. The Labute approximate surface area is 187 Å². The number of amidine groups is 1. The second kappa shape index (κ2) is 9.39. The minimum atomic E-state index is 0.0289. The molecule has 0 aromatic heterocycles. The fourth-order valence-corrected chi connectivity index (χ4v) is 5.10. The van der Waals surface area contributed by atoms with E-state index < -0.39 is 0 Å². The predicted molar refractivity (Wildman–Crippen MR) is 131 cm³/mol. The van der Waals surface area contributed by atoms with Gasteiger partial charge in [-0.2, -0.15) is 5.26 Å². The molecule has 31 heavy (non-hydrogen) atoms. The van der Waals surface area contributed by atoms with Crippen molar-refractivity contribution in [3.8, 4) is 6.07 Å². The van der Waals surface area contributed by atoms with E-state index in [9.17, 15) is 5.26 Å². The summed E-state index contributed by atoms with van der Waals surface area (Å²) in [5, 5.41) is 9.75. The van der Waals surface area contributed by atoms with Crippen molar-refractivity contribution < 1.29 is 0 Å². The van der Waals surface area contributed by atoms with Crippen LogP contribution in [0.4, 0.5) is 0 Å². The smallest absolute Gasteiger partial charge is 0.104 e. The van der Waals surface area contributed by atoms with Gasteiger partial charge in [-0.05, 0) is 37.0 Å². The van der Waals surface area contributed by atoms with Gasteiger partial charge in [0.25, 0.3) is 0 Å². The van der Waals surface area contributed by atoms with Crippen LogP contribution in [-0.2, 0) is 5.41 Å². The van der Waals surface area contributed by atoms with Crippen LogP contribution in [0, 0.1) is 11.3 Å². The van der Waals surface area contributed by atoms with Crippen LogP contribution in [0.1, 0.15) is 50.2 Å². The third kappa shape index (κ3) is 4.23. The molecule has 1 aliphatic carbocycles. The molecule has 1 heterocycles. The molecule has 0 unspecified atom stereocenters. The van der Waals surface area contributed by atoms with Gasteiger partial charge in [0.15, 0.2) is 0 Å². The Bertz CT molecular complexity index is 983. The van der Waals surface area contributed by atoms with Crippen LogP contribution < -0.4 is 0 Å². The molecular weight excluding hydrogens is 380 g/mol. The van der Waals surface area contributed by atoms with E-state index in [0.29, 0.717) is 5.57 Å². The molecule has 0 spiro atoms. The Morgan fingerprint density at radius 1 is 1.26 bits per heavy atom. The zero-order valence-corrected chi connectivity index (χ0v) is 19.2. The molecule has 2 aliphatic rings. The summed E-state index contributed by atoms with van der Waals surface area (Å²) in [5.74, 6) is 1.01. The highest BCUT2D eigenvalue weighted by Crippen LogP contribution is 2.47. The Kier molecular flexibility index (Phi) is 6.85. The average molecular weight is 415 g/mol. The highest BCUT2D eigenvalue weighted by molar-refractivity contribution is 5.87. The first-order valence-electron chi connectivity index (χ1n) is 11.0. The molecule has 3 rings (SSSR count). The number of piperazine rings is 1. The molecule has 1 saturated carbocycles. The van der Waals surface area contributed by atoms with Crippen molar-refractivity contribution in [3.63, 3.8) is 0 Å². The van der Waals surface area contributed by atoms with Crippen LogP contribution in [-0.4, -0.2) is 42.8 Å². The van der Waals surface area contributed by atoms with Crippen molar-refractivity contribution in [2.75, 3.05) is 27.2 Å². The molecule has 0 atom stereocenters. The zero-order valence-electron chi connectivity index (χ0n) is 19.2. The van der Waals surface area contributed by atoms with Gasteiger partial charge in [-0.15, -0.1) is 0 Å². The normalized spacial score (nSPS) is 20.5. The lowest BCUT2D eigenvalue weighted by Gasteiger charge is -2.42. The SMILES string of the molecule is C=C/C(C#N)=C1/C(=C)N(C)CCN1/C(CC1(c2ccccc2C(=C)C)CCCC1)=N\C. The minimum Gasteiger partial charge on any atom is -0.372 e. The summed E-state index contributed by atoms with van der Waals surface area (Å²) in [6.07, 6.45) is 7.17. The van der Waals surface area contributed by atoms with Gasteiger partial charge in [-0.1, -0.05) is 62.4 Å². The standard InChI is InChI=1S/C27H34N4/c1-7-22(19-28)26-21(4)30(6)16-17-31(26)25(29-5)18-27(14-10-11-15-27)24-13-9-8-12-23(24)20(2)3/h7-9,12-13H,1-2,4,10-11,14-18H2,3,5-6H3/b26-22+,29-25-. The van der Waals surface area contributed by atoms with Gasteiger partial charge >= 0.3 is 0 Å². The molecule has 4 nitrogen and oxygen atoms in total. The number of rotatable bonds is 5. The highest BCUT2D eigenvalue weighted by atomic mass is 15.3. The van der Waals surface area contributed by atoms with Crippen LogP contribution in [0.2, 0.25) is 0 Å². The van der Waals surface area contributed by atoms with Crippen molar-refractivity contribution in [3.05, 3.63) is 78.2 Å². The number of hydrogen-bond donors (Lipinski definition) is 0. The van der Waals surface area contributed by atoms with E-state index in [1.807, 2.05) is 14.1 Å². The molecule has 0 N–H and O–H groups in total. The Morgan fingerprint density at radius 2 is 1.94 bits per heavy atom. The van der Waals surface area contributed by atoms with E-state index in [1.165, 1.54) is 24.0 Å². The molecule has 162 valence electrons. The monoisotopic (exact) mass is 414 g/mol. The summed E-state index contributed by atoms with van der Waals surface area (Å²) < 4.78 is 0. The molecule has 2 fully saturated rings. The Hall–Kier alpha value is -3.06. The second-order valence-corrected chi connectivity index (χ2v) is 8.73. The topological polar surface area (TPSA) is 42.6 Å². The molecule has 0 radical (unpaired) electrons. The largest absolute Gasteiger partial charge is 0.372 e. The lowest BCUT2D eigenvalue weighted by molar-refractivity contribution is 0.304. The van der Waals surface area contributed by atoms with E-state index >= 15 is 0 Å². The number of likely N-dealkylation sites (N-methyl/N-ethyl adjacent to an activating group) is 1. The van der Waals surface area contributed by atoms with Crippen LogP contribution in [0.15, 0.2) is 72.0 Å². The van der Waals surface area contributed by atoms with E-state index in [0.717, 1.165) is 55.2 Å². The summed E-state index contributed by atoms with van der Waals surface area (Å²) in [4.78, 5) is 9.06. The minimum absolute atomic E-state index is 0.0289. The average Bonchev–Trinajstić information content (AvgIpc) is 3.25. The molecule has 0 amide bonds. The number of benzene rings is 1. The fourth-order valence-electron chi connectivity index (χ4n) is 5.10. The zero-order chi connectivity index (χ0) is 22.6. The van der Waals surface area contributed by atoms with Gasteiger partial charge in [0.1, 0.15) is 11.9 Å². The molecule has 1 saturated heterocycles. The van der Waals surface area contributed by atoms with Crippen LogP contribution in [0.5, 0.6) is 0 Å². The van der Waals surface area contributed by atoms with E-state index in [2.05, 4.69) is 66.8 Å². The molecule has 1 aliphatic heterocycles. The number of aliphatic imine (C=N–C) groups is 1. The first-order chi connectivity index (χ1) is 14.9. The lowest BCUT2D eigenvalue weighted by Crippen LogP contribution is -2.46. The third-order valence-corrected chi connectivity index (χ3v) is 6.83. The number of hydrogen-bond acceptors (Lipinski definition) is 3. The molecule has 1 aromatic rings. The summed E-state index contributed by atoms with van der Waals surface area (Å²) >= 11 is 0. The van der Waals surface area contributed by atoms with Crippen molar-refractivity contribution in [2.24, 2.45) is 4.99 Å². The first kappa shape index (κ1) is 22.6. The van der Waals surface area contributed by atoms with Crippen molar-refractivity contribution in [1.29, 1.82) is 5.26 Å². The first-order valence-corrected chi connectivity index (χ1v) is 11.0. The number of allylic oxidation sites excluding steroid dienone is 3. The molecule has 0 bridgehead atoms. The van der Waals surface area contributed by atoms with Crippen LogP contribution in [0.3, 0.4) is 0 Å². The molecular formula is C27H34N4. The molecule has 4 heteroatoms. The molecule has 1 aromatic carbocycles. The van der Waals surface area contributed by atoms with E-state index in [-0.39, 0.29) is 5.41 Å². The van der Waals surface area contributed by atoms with E-state index in [1.54, 1.807) is 6.08 Å². The maximum atomic E-state index is 9.75. The van der Waals surface area contributed by atoms with Gasteiger partial charge in [-0.25, -0.2) is 0 Å². The van der Waals surface area contributed by atoms with Gasteiger partial charge in [0.05, 0.1) is 17.0 Å². The summed E-state index contributed by atoms with van der Waals surface area (Å²) in [7, 11) is 3.88. The predicted octanol–water partition coefficient (Wildman–Crippen LogP) is 5.67. The number of nitriles is 1. The Balaban J connectivity index is 2.07. The fraction of sp³-hybridized carbons (Fsp3) is 0.407. The maximum Gasteiger partial charge on any atom is 0.104 e. The summed E-state index contributed by atoms with van der Waals surface area (Å²) in [6.45, 7) is 16.1.